The smallest absolute Gasteiger partial charge is 0.225 e. The molecule has 3 heterocycles. The van der Waals surface area contributed by atoms with Crippen LogP contribution in [0.15, 0.2) is 65.3 Å². The molecule has 1 fully saturated rings. The molecule has 0 aliphatic carbocycles. The zero-order chi connectivity index (χ0) is 22.8. The molecule has 172 valence electrons. The Morgan fingerprint density at radius 3 is 2.58 bits per heavy atom. The van der Waals surface area contributed by atoms with Crippen LogP contribution >= 0.6 is 0 Å². The number of piperazine rings is 1. The third-order valence-corrected chi connectivity index (χ3v) is 6.72. The van der Waals surface area contributed by atoms with Gasteiger partial charge in [0, 0.05) is 37.1 Å². The van der Waals surface area contributed by atoms with Crippen molar-refractivity contribution >= 4 is 17.3 Å². The molecule has 2 atom stereocenters. The molecule has 2 aliphatic heterocycles. The van der Waals surface area contributed by atoms with Crippen molar-refractivity contribution < 1.29 is 18.7 Å². The molecule has 0 bridgehead atoms. The third kappa shape index (κ3) is 4.23. The molecule has 1 saturated heterocycles. The second kappa shape index (κ2) is 9.10. The first-order chi connectivity index (χ1) is 16.2. The molecule has 0 unspecified atom stereocenters. The van der Waals surface area contributed by atoms with E-state index in [1.165, 1.54) is 11.3 Å². The van der Waals surface area contributed by atoms with Crippen molar-refractivity contribution in [3.05, 3.63) is 72.2 Å². The monoisotopic (exact) mass is 447 g/mol. The van der Waals surface area contributed by atoms with Gasteiger partial charge in [0.05, 0.1) is 39.0 Å². The highest BCUT2D eigenvalue weighted by Crippen LogP contribution is 2.39. The molecule has 5 rings (SSSR count). The number of hydrogen-bond acceptors (Lipinski definition) is 6. The van der Waals surface area contributed by atoms with E-state index in [1.807, 2.05) is 30.3 Å². The van der Waals surface area contributed by atoms with Gasteiger partial charge in [0.15, 0.2) is 0 Å². The van der Waals surface area contributed by atoms with Gasteiger partial charge in [0.2, 0.25) is 5.91 Å². The molecule has 0 spiro atoms. The maximum atomic E-state index is 13.4. The molecule has 3 aromatic rings. The number of fused-ring (bicyclic) bond motifs is 3. The minimum atomic E-state index is -0.165. The van der Waals surface area contributed by atoms with Gasteiger partial charge >= 0.3 is 0 Å². The number of nitrogens with one attached hydrogen (secondary N) is 1. The van der Waals surface area contributed by atoms with Gasteiger partial charge in [-0.2, -0.15) is 0 Å². The van der Waals surface area contributed by atoms with Crippen molar-refractivity contribution in [2.75, 3.05) is 43.7 Å². The molecule has 1 amide bonds. The van der Waals surface area contributed by atoms with Gasteiger partial charge < -0.3 is 29.0 Å². The van der Waals surface area contributed by atoms with Crippen LogP contribution in [0.4, 0.5) is 11.4 Å². The Balaban J connectivity index is 1.41. The van der Waals surface area contributed by atoms with E-state index in [1.54, 1.807) is 20.5 Å². The number of ether oxygens (including phenoxy) is 2. The lowest BCUT2D eigenvalue weighted by Gasteiger charge is -2.49. The highest BCUT2D eigenvalue weighted by atomic mass is 16.5. The molecular weight excluding hydrogens is 418 g/mol. The summed E-state index contributed by atoms with van der Waals surface area (Å²) >= 11 is 0. The molecule has 1 N–H and O–H groups in total. The lowest BCUT2D eigenvalue weighted by Crippen LogP contribution is -2.61. The van der Waals surface area contributed by atoms with E-state index in [0.29, 0.717) is 13.0 Å². The number of benzene rings is 2. The summed E-state index contributed by atoms with van der Waals surface area (Å²) in [4.78, 5) is 18.1. The van der Waals surface area contributed by atoms with E-state index in [2.05, 4.69) is 39.4 Å². The van der Waals surface area contributed by atoms with Crippen molar-refractivity contribution in [1.29, 1.82) is 0 Å². The molecule has 33 heavy (non-hydrogen) atoms. The van der Waals surface area contributed by atoms with E-state index < -0.39 is 0 Å². The maximum absolute atomic E-state index is 13.4. The Morgan fingerprint density at radius 2 is 1.85 bits per heavy atom. The summed E-state index contributed by atoms with van der Waals surface area (Å²) in [5.74, 6) is 2.32. The van der Waals surface area contributed by atoms with Gasteiger partial charge in [0.25, 0.3) is 0 Å². The number of hydrogen-bond donors (Lipinski definition) is 1. The molecule has 0 radical (unpaired) electrons. The van der Waals surface area contributed by atoms with E-state index in [0.717, 1.165) is 42.6 Å². The van der Waals surface area contributed by atoms with Crippen LogP contribution in [0.2, 0.25) is 0 Å². The fourth-order valence-corrected chi connectivity index (χ4v) is 4.95. The van der Waals surface area contributed by atoms with E-state index in [4.69, 9.17) is 13.9 Å². The van der Waals surface area contributed by atoms with Crippen molar-refractivity contribution in [2.45, 2.75) is 19.0 Å². The molecule has 7 nitrogen and oxygen atoms in total. The summed E-state index contributed by atoms with van der Waals surface area (Å²) in [6.45, 7) is 2.87. The predicted octanol–water partition coefficient (Wildman–Crippen LogP) is 3.48. The fraction of sp³-hybridized carbons (Fsp3) is 0.346. The van der Waals surface area contributed by atoms with Crippen LogP contribution in [0.3, 0.4) is 0 Å². The minimum Gasteiger partial charge on any atom is -0.497 e. The van der Waals surface area contributed by atoms with E-state index in [-0.39, 0.29) is 17.9 Å². The van der Waals surface area contributed by atoms with Gasteiger partial charge in [-0.1, -0.05) is 6.07 Å². The lowest BCUT2D eigenvalue weighted by atomic mass is 9.83. The van der Waals surface area contributed by atoms with Gasteiger partial charge in [-0.25, -0.2) is 0 Å². The summed E-state index contributed by atoms with van der Waals surface area (Å²) in [6.07, 6.45) is 2.32. The number of amides is 1. The van der Waals surface area contributed by atoms with Crippen molar-refractivity contribution in [3.63, 3.8) is 0 Å². The Kier molecular flexibility index (Phi) is 5.86. The Bertz CT molecular complexity index is 1100. The SMILES string of the molecule is COc1ccc(N2CCN3c4cc(OC)ccc4C[C@H](C(=O)NCc4ccco4)[C@H]3C2)cc1. The van der Waals surface area contributed by atoms with Crippen LogP contribution in [0.5, 0.6) is 11.5 Å². The van der Waals surface area contributed by atoms with Crippen LogP contribution < -0.4 is 24.6 Å². The molecule has 7 heteroatoms. The molecular formula is C26H29N3O4. The first-order valence-electron chi connectivity index (χ1n) is 11.3. The number of anilines is 2. The molecule has 1 aromatic heterocycles. The molecule has 2 aromatic carbocycles. The zero-order valence-electron chi connectivity index (χ0n) is 19.0. The first-order valence-corrected chi connectivity index (χ1v) is 11.3. The van der Waals surface area contributed by atoms with Crippen LogP contribution in [-0.2, 0) is 17.8 Å². The highest BCUT2D eigenvalue weighted by molar-refractivity contribution is 5.82. The van der Waals surface area contributed by atoms with Gasteiger partial charge in [-0.05, 0) is 54.4 Å². The molecule has 0 saturated carbocycles. The number of furan rings is 1. The number of nitrogens with zero attached hydrogens (tertiary/aromatic N) is 2. The summed E-state index contributed by atoms with van der Waals surface area (Å²) in [5, 5.41) is 3.09. The summed E-state index contributed by atoms with van der Waals surface area (Å²) in [5.41, 5.74) is 3.49. The van der Waals surface area contributed by atoms with Crippen LogP contribution in [0.25, 0.3) is 0 Å². The summed E-state index contributed by atoms with van der Waals surface area (Å²) < 4.78 is 16.2. The second-order valence-electron chi connectivity index (χ2n) is 8.51. The zero-order valence-corrected chi connectivity index (χ0v) is 19.0. The number of carbonyl (C=O) groups excluding carboxylic acids is 1. The first kappa shape index (κ1) is 21.2. The number of rotatable bonds is 6. The minimum absolute atomic E-state index is 0.0528. The Hall–Kier alpha value is -3.61. The predicted molar refractivity (Wildman–Crippen MR) is 127 cm³/mol. The largest absolute Gasteiger partial charge is 0.497 e. The average Bonchev–Trinajstić information content (AvgIpc) is 3.40. The number of methoxy groups -OCH3 is 2. The molecule has 2 aliphatic rings. The highest BCUT2D eigenvalue weighted by Gasteiger charge is 2.41. The van der Waals surface area contributed by atoms with E-state index >= 15 is 0 Å². The standard InChI is InChI=1S/C26H29N3O4/c1-31-20-9-6-19(7-10-20)28-11-12-29-24-15-21(32-2)8-5-18(24)14-23(25(29)17-28)26(30)27-16-22-4-3-13-33-22/h3-10,13,15,23,25H,11-12,14,16-17H2,1-2H3,(H,27,30)/t23-,25+/m0/s1. The Morgan fingerprint density at radius 1 is 1.06 bits per heavy atom. The topological polar surface area (TPSA) is 67.2 Å². The third-order valence-electron chi connectivity index (χ3n) is 6.72. The summed E-state index contributed by atoms with van der Waals surface area (Å²) in [6, 6.07) is 18.1. The van der Waals surface area contributed by atoms with Crippen molar-refractivity contribution in [2.24, 2.45) is 5.92 Å². The number of carbonyl (C=O) groups is 1. The van der Waals surface area contributed by atoms with Crippen LogP contribution in [0, 0.1) is 5.92 Å². The van der Waals surface area contributed by atoms with E-state index in [9.17, 15) is 4.79 Å². The fourth-order valence-electron chi connectivity index (χ4n) is 4.95. The Labute approximate surface area is 193 Å². The lowest BCUT2D eigenvalue weighted by molar-refractivity contribution is -0.126. The maximum Gasteiger partial charge on any atom is 0.225 e. The van der Waals surface area contributed by atoms with Crippen molar-refractivity contribution in [3.8, 4) is 11.5 Å². The summed E-state index contributed by atoms with van der Waals surface area (Å²) in [7, 11) is 3.36. The van der Waals surface area contributed by atoms with Gasteiger partial charge in [-0.3, -0.25) is 4.79 Å². The van der Waals surface area contributed by atoms with Gasteiger partial charge in [-0.15, -0.1) is 0 Å². The van der Waals surface area contributed by atoms with Crippen LogP contribution in [0.1, 0.15) is 11.3 Å². The normalized spacial score (nSPS) is 19.5. The van der Waals surface area contributed by atoms with Crippen LogP contribution in [-0.4, -0.2) is 45.8 Å². The quantitative estimate of drug-likeness (QED) is 0.624. The van der Waals surface area contributed by atoms with Crippen molar-refractivity contribution in [1.82, 2.24) is 5.32 Å². The van der Waals surface area contributed by atoms with Gasteiger partial charge in [0.1, 0.15) is 17.3 Å². The average molecular weight is 448 g/mol. The second-order valence-corrected chi connectivity index (χ2v) is 8.51.